The van der Waals surface area contributed by atoms with E-state index in [-0.39, 0.29) is 0 Å². The van der Waals surface area contributed by atoms with Gasteiger partial charge in [-0.25, -0.2) is 0 Å². The van der Waals surface area contributed by atoms with Gasteiger partial charge >= 0.3 is 5.97 Å². The Morgan fingerprint density at radius 1 is 1.24 bits per heavy atom. The van der Waals surface area contributed by atoms with Crippen LogP contribution in [0.3, 0.4) is 0 Å². The van der Waals surface area contributed by atoms with Crippen molar-refractivity contribution in [3.8, 4) is 0 Å². The predicted octanol–water partition coefficient (Wildman–Crippen LogP) is 3.37. The molecule has 0 radical (unpaired) electrons. The Bertz CT molecular complexity index is 586. The highest BCUT2D eigenvalue weighted by molar-refractivity contribution is 5.88. The van der Waals surface area contributed by atoms with Gasteiger partial charge in [0.2, 0.25) is 0 Å². The largest absolute Gasteiger partial charge is 0.480 e. The number of aliphatic carboxylic acids is 1. The van der Waals surface area contributed by atoms with E-state index in [0.717, 1.165) is 16.3 Å². The van der Waals surface area contributed by atoms with Crippen LogP contribution in [0.25, 0.3) is 10.8 Å². The van der Waals surface area contributed by atoms with Gasteiger partial charge in [0.1, 0.15) is 5.41 Å². The molecule has 2 nitrogen and oxygen atoms in total. The van der Waals surface area contributed by atoms with E-state index >= 15 is 0 Å². The number of fused-ring (bicyclic) bond motifs is 1. The van der Waals surface area contributed by atoms with E-state index in [4.69, 9.17) is 0 Å². The Morgan fingerprint density at radius 3 is 2.47 bits per heavy atom. The maximum Gasteiger partial charge on any atom is 0.317 e. The molecule has 0 spiro atoms. The van der Waals surface area contributed by atoms with Gasteiger partial charge in [-0.15, -0.1) is 6.58 Å². The molecule has 0 saturated carbocycles. The zero-order valence-corrected chi connectivity index (χ0v) is 9.68. The van der Waals surface area contributed by atoms with E-state index in [2.05, 4.69) is 6.58 Å². The van der Waals surface area contributed by atoms with Gasteiger partial charge in [-0.3, -0.25) is 4.79 Å². The van der Waals surface area contributed by atoms with Crippen LogP contribution in [0.15, 0.2) is 55.1 Å². The van der Waals surface area contributed by atoms with Crippen molar-refractivity contribution in [3.05, 3.63) is 60.7 Å². The molecule has 2 rings (SSSR count). The second-order valence-corrected chi connectivity index (χ2v) is 4.27. The highest BCUT2D eigenvalue weighted by Gasteiger charge is 2.31. The summed E-state index contributed by atoms with van der Waals surface area (Å²) in [5, 5.41) is 11.4. The summed E-state index contributed by atoms with van der Waals surface area (Å²) < 4.78 is 0. The summed E-state index contributed by atoms with van der Waals surface area (Å²) in [6.07, 6.45) is 1.47. The number of rotatable bonds is 3. The monoisotopic (exact) mass is 226 g/mol. The molecule has 0 aliphatic carbocycles. The highest BCUT2D eigenvalue weighted by atomic mass is 16.4. The van der Waals surface area contributed by atoms with Gasteiger partial charge in [0.05, 0.1) is 0 Å². The average molecular weight is 226 g/mol. The Labute approximate surface area is 100 Å². The standard InChI is InChI=1S/C15H14O2/c1-3-15(2,14(16)17)13-9-8-11-6-4-5-7-12(11)10-13/h3-10H,1H2,2H3,(H,16,17). The van der Waals surface area contributed by atoms with E-state index in [9.17, 15) is 9.90 Å². The summed E-state index contributed by atoms with van der Waals surface area (Å²) in [5.41, 5.74) is -0.289. The van der Waals surface area contributed by atoms with E-state index < -0.39 is 11.4 Å². The molecule has 0 bridgehead atoms. The van der Waals surface area contributed by atoms with Crippen molar-refractivity contribution in [3.63, 3.8) is 0 Å². The van der Waals surface area contributed by atoms with Crippen LogP contribution in [0.5, 0.6) is 0 Å². The normalized spacial score (nSPS) is 14.2. The number of hydrogen-bond acceptors (Lipinski definition) is 1. The first-order valence-corrected chi connectivity index (χ1v) is 5.44. The minimum Gasteiger partial charge on any atom is -0.480 e. The summed E-state index contributed by atoms with van der Waals surface area (Å²) in [5.74, 6) is -0.886. The fourth-order valence-electron chi connectivity index (χ4n) is 1.84. The zero-order chi connectivity index (χ0) is 12.5. The van der Waals surface area contributed by atoms with Crippen LogP contribution in [-0.4, -0.2) is 11.1 Å². The Hall–Kier alpha value is -2.09. The SMILES string of the molecule is C=CC(C)(C(=O)O)c1ccc2ccccc2c1. The first-order chi connectivity index (χ1) is 8.08. The molecular formula is C15H14O2. The van der Waals surface area contributed by atoms with Gasteiger partial charge in [0, 0.05) is 0 Å². The number of hydrogen-bond donors (Lipinski definition) is 1. The third kappa shape index (κ3) is 1.82. The predicted molar refractivity (Wildman–Crippen MR) is 69.1 cm³/mol. The molecule has 86 valence electrons. The molecule has 0 heterocycles. The molecule has 1 N–H and O–H groups in total. The van der Waals surface area contributed by atoms with Gasteiger partial charge in [-0.2, -0.15) is 0 Å². The summed E-state index contributed by atoms with van der Waals surface area (Å²) in [6, 6.07) is 13.6. The van der Waals surface area contributed by atoms with Crippen LogP contribution in [0.2, 0.25) is 0 Å². The van der Waals surface area contributed by atoms with Gasteiger partial charge in [0.15, 0.2) is 0 Å². The van der Waals surface area contributed by atoms with Crippen LogP contribution in [0.1, 0.15) is 12.5 Å². The summed E-state index contributed by atoms with van der Waals surface area (Å²) in [6.45, 7) is 5.29. The molecule has 0 aromatic heterocycles. The number of carboxylic acid groups (broad SMARTS) is 1. The van der Waals surface area contributed by atoms with E-state index in [0.29, 0.717) is 0 Å². The van der Waals surface area contributed by atoms with Gasteiger partial charge in [0.25, 0.3) is 0 Å². The second-order valence-electron chi connectivity index (χ2n) is 4.27. The molecule has 17 heavy (non-hydrogen) atoms. The lowest BCUT2D eigenvalue weighted by molar-refractivity contribution is -0.141. The molecule has 0 saturated heterocycles. The van der Waals surface area contributed by atoms with Gasteiger partial charge in [-0.1, -0.05) is 42.5 Å². The fourth-order valence-corrected chi connectivity index (χ4v) is 1.84. The van der Waals surface area contributed by atoms with Crippen LogP contribution in [0.4, 0.5) is 0 Å². The van der Waals surface area contributed by atoms with Crippen molar-refractivity contribution < 1.29 is 9.90 Å². The number of carboxylic acids is 1. The third-order valence-electron chi connectivity index (χ3n) is 3.20. The lowest BCUT2D eigenvalue weighted by Crippen LogP contribution is -2.29. The molecule has 0 aliphatic rings. The van der Waals surface area contributed by atoms with E-state index in [1.165, 1.54) is 6.08 Å². The quantitative estimate of drug-likeness (QED) is 0.815. The lowest BCUT2D eigenvalue weighted by Gasteiger charge is -2.21. The lowest BCUT2D eigenvalue weighted by atomic mass is 9.82. The molecule has 2 aromatic carbocycles. The molecule has 1 unspecified atom stereocenters. The van der Waals surface area contributed by atoms with E-state index in [1.807, 2.05) is 42.5 Å². The summed E-state index contributed by atoms with van der Waals surface area (Å²) in [7, 11) is 0. The van der Waals surface area contributed by atoms with Crippen molar-refractivity contribution in [2.24, 2.45) is 0 Å². The van der Waals surface area contributed by atoms with E-state index in [1.54, 1.807) is 6.92 Å². The molecule has 2 aromatic rings. The highest BCUT2D eigenvalue weighted by Crippen LogP contribution is 2.28. The molecule has 0 amide bonds. The molecule has 1 atom stereocenters. The van der Waals surface area contributed by atoms with Crippen molar-refractivity contribution in [2.45, 2.75) is 12.3 Å². The van der Waals surface area contributed by atoms with Crippen LogP contribution in [0, 0.1) is 0 Å². The minimum atomic E-state index is -1.04. The van der Waals surface area contributed by atoms with Crippen LogP contribution >= 0.6 is 0 Å². The molecule has 0 fully saturated rings. The average Bonchev–Trinajstić information content (AvgIpc) is 2.37. The van der Waals surface area contributed by atoms with Crippen molar-refractivity contribution in [1.82, 2.24) is 0 Å². The fraction of sp³-hybridized carbons (Fsp3) is 0.133. The minimum absolute atomic E-state index is 0.749. The Morgan fingerprint density at radius 2 is 1.88 bits per heavy atom. The van der Waals surface area contributed by atoms with Crippen molar-refractivity contribution >= 4 is 16.7 Å². The maximum atomic E-state index is 11.3. The maximum absolute atomic E-state index is 11.3. The smallest absolute Gasteiger partial charge is 0.317 e. The Kier molecular flexibility index (Phi) is 2.72. The summed E-state index contributed by atoms with van der Waals surface area (Å²) >= 11 is 0. The molecule has 0 aliphatic heterocycles. The van der Waals surface area contributed by atoms with Gasteiger partial charge in [-0.05, 0) is 29.3 Å². The third-order valence-corrected chi connectivity index (χ3v) is 3.20. The molecular weight excluding hydrogens is 212 g/mol. The number of benzene rings is 2. The first-order valence-electron chi connectivity index (χ1n) is 5.44. The van der Waals surface area contributed by atoms with Crippen molar-refractivity contribution in [2.75, 3.05) is 0 Å². The van der Waals surface area contributed by atoms with Crippen LogP contribution in [-0.2, 0) is 10.2 Å². The number of carbonyl (C=O) groups is 1. The first kappa shape index (κ1) is 11.4. The second kappa shape index (κ2) is 4.06. The topological polar surface area (TPSA) is 37.3 Å². The van der Waals surface area contributed by atoms with Crippen molar-refractivity contribution in [1.29, 1.82) is 0 Å². The van der Waals surface area contributed by atoms with Gasteiger partial charge < -0.3 is 5.11 Å². The summed E-state index contributed by atoms with van der Waals surface area (Å²) in [4.78, 5) is 11.3. The zero-order valence-electron chi connectivity index (χ0n) is 9.68. The Balaban J connectivity index is 2.63. The molecule has 2 heteroatoms. The van der Waals surface area contributed by atoms with Crippen LogP contribution < -0.4 is 0 Å².